The number of hydrogen-bond acceptors (Lipinski definition) is 4. The first-order chi connectivity index (χ1) is 11.2. The summed E-state index contributed by atoms with van der Waals surface area (Å²) in [5, 5.41) is 3.42. The first-order valence-electron chi connectivity index (χ1n) is 8.01. The molecule has 1 aliphatic rings. The van der Waals surface area contributed by atoms with Crippen molar-refractivity contribution in [3.63, 3.8) is 0 Å². The van der Waals surface area contributed by atoms with Crippen LogP contribution in [0.1, 0.15) is 24.4 Å². The highest BCUT2D eigenvalue weighted by atomic mass is 16.2. The van der Waals surface area contributed by atoms with Crippen LogP contribution >= 0.6 is 0 Å². The van der Waals surface area contributed by atoms with Crippen LogP contribution < -0.4 is 11.1 Å². The molecule has 0 bridgehead atoms. The van der Waals surface area contributed by atoms with E-state index in [1.54, 1.807) is 6.20 Å². The van der Waals surface area contributed by atoms with Gasteiger partial charge in [0.25, 0.3) is 0 Å². The van der Waals surface area contributed by atoms with Gasteiger partial charge >= 0.3 is 0 Å². The normalized spacial score (nSPS) is 16.8. The fourth-order valence-electron chi connectivity index (χ4n) is 2.90. The Balaban J connectivity index is 1.53. The molecule has 23 heavy (non-hydrogen) atoms. The molecule has 1 saturated heterocycles. The smallest absolute Gasteiger partial charge is 0.244 e. The Labute approximate surface area is 136 Å². The molecule has 0 spiro atoms. The third kappa shape index (κ3) is 3.87. The Hall–Kier alpha value is -2.40. The maximum Gasteiger partial charge on any atom is 0.244 e. The number of rotatable bonds is 4. The van der Waals surface area contributed by atoms with Crippen molar-refractivity contribution in [1.82, 2.24) is 9.88 Å². The van der Waals surface area contributed by atoms with Crippen molar-refractivity contribution in [2.24, 2.45) is 5.73 Å². The third-order valence-electron chi connectivity index (χ3n) is 4.25. The second kappa shape index (κ2) is 7.24. The number of carbonyl (C=O) groups excluding carboxylic acids is 1. The average Bonchev–Trinajstić information content (AvgIpc) is 2.63. The Bertz CT molecular complexity index is 624. The van der Waals surface area contributed by atoms with Crippen LogP contribution in [0.4, 0.5) is 5.82 Å². The van der Waals surface area contributed by atoms with Crippen molar-refractivity contribution < 1.29 is 4.79 Å². The van der Waals surface area contributed by atoms with Crippen LogP contribution in [0.25, 0.3) is 0 Å². The van der Waals surface area contributed by atoms with E-state index in [1.165, 1.54) is 0 Å². The van der Waals surface area contributed by atoms with E-state index in [-0.39, 0.29) is 5.91 Å². The lowest BCUT2D eigenvalue weighted by atomic mass is 10.0. The molecule has 1 aromatic heterocycles. The summed E-state index contributed by atoms with van der Waals surface area (Å²) in [5.41, 5.74) is 6.98. The van der Waals surface area contributed by atoms with E-state index in [0.717, 1.165) is 37.3 Å². The van der Waals surface area contributed by atoms with Crippen molar-refractivity contribution in [3.05, 3.63) is 60.3 Å². The Morgan fingerprint density at radius 3 is 2.48 bits per heavy atom. The average molecular weight is 310 g/mol. The Morgan fingerprint density at radius 2 is 1.83 bits per heavy atom. The molecule has 3 rings (SSSR count). The molecule has 5 nitrogen and oxygen atoms in total. The van der Waals surface area contributed by atoms with Crippen molar-refractivity contribution in [1.29, 1.82) is 0 Å². The van der Waals surface area contributed by atoms with Crippen molar-refractivity contribution >= 4 is 11.7 Å². The van der Waals surface area contributed by atoms with E-state index in [0.29, 0.717) is 6.04 Å². The molecular weight excluding hydrogens is 288 g/mol. The van der Waals surface area contributed by atoms with Gasteiger partial charge in [0.15, 0.2) is 0 Å². The molecule has 0 radical (unpaired) electrons. The zero-order chi connectivity index (χ0) is 16.1. The van der Waals surface area contributed by atoms with Gasteiger partial charge in [-0.2, -0.15) is 0 Å². The summed E-state index contributed by atoms with van der Waals surface area (Å²) in [4.78, 5) is 18.7. The van der Waals surface area contributed by atoms with Gasteiger partial charge in [-0.05, 0) is 30.5 Å². The molecule has 3 N–H and O–H groups in total. The summed E-state index contributed by atoms with van der Waals surface area (Å²) in [7, 11) is 0. The molecule has 1 amide bonds. The van der Waals surface area contributed by atoms with Crippen LogP contribution in [-0.4, -0.2) is 34.9 Å². The number of benzene rings is 1. The number of nitrogens with one attached hydrogen (secondary N) is 1. The lowest BCUT2D eigenvalue weighted by molar-refractivity contribution is -0.133. The van der Waals surface area contributed by atoms with Crippen molar-refractivity contribution in [2.45, 2.75) is 24.9 Å². The summed E-state index contributed by atoms with van der Waals surface area (Å²) in [5.74, 6) is 0.894. The van der Waals surface area contributed by atoms with Gasteiger partial charge in [0, 0.05) is 25.3 Å². The monoisotopic (exact) mass is 310 g/mol. The van der Waals surface area contributed by atoms with Gasteiger partial charge in [0.1, 0.15) is 11.9 Å². The maximum atomic E-state index is 12.5. The van der Waals surface area contributed by atoms with E-state index < -0.39 is 6.04 Å². The number of pyridine rings is 1. The van der Waals surface area contributed by atoms with Crippen molar-refractivity contribution in [3.8, 4) is 0 Å². The number of aromatic nitrogens is 1. The van der Waals surface area contributed by atoms with E-state index in [4.69, 9.17) is 5.73 Å². The molecule has 1 aromatic carbocycles. The topological polar surface area (TPSA) is 71.2 Å². The summed E-state index contributed by atoms with van der Waals surface area (Å²) >= 11 is 0. The molecule has 1 fully saturated rings. The van der Waals surface area contributed by atoms with Gasteiger partial charge in [0.2, 0.25) is 5.91 Å². The summed E-state index contributed by atoms with van der Waals surface area (Å²) in [6.45, 7) is 1.45. The number of anilines is 1. The van der Waals surface area contributed by atoms with Crippen LogP contribution in [0.2, 0.25) is 0 Å². The number of likely N-dealkylation sites (tertiary alicyclic amines) is 1. The molecule has 0 aliphatic carbocycles. The highest BCUT2D eigenvalue weighted by Crippen LogP contribution is 2.19. The molecule has 0 unspecified atom stereocenters. The zero-order valence-corrected chi connectivity index (χ0v) is 13.1. The number of nitrogens with two attached hydrogens (primary N) is 1. The van der Waals surface area contributed by atoms with Crippen LogP contribution in [0.3, 0.4) is 0 Å². The quantitative estimate of drug-likeness (QED) is 0.908. The number of nitrogens with zero attached hydrogens (tertiary/aromatic N) is 2. The number of amides is 1. The molecular formula is C18H22N4O. The number of piperidine rings is 1. The highest BCUT2D eigenvalue weighted by molar-refractivity contribution is 5.83. The SMILES string of the molecule is N[C@@H](C(=O)N1CCC(Nc2ccccn2)CC1)c1ccccc1. The molecule has 0 saturated carbocycles. The Kier molecular flexibility index (Phi) is 4.88. The first-order valence-corrected chi connectivity index (χ1v) is 8.01. The summed E-state index contributed by atoms with van der Waals surface area (Å²) in [6.07, 6.45) is 3.59. The minimum Gasteiger partial charge on any atom is -0.367 e. The molecule has 2 aromatic rings. The minimum atomic E-state index is -0.573. The fourth-order valence-corrected chi connectivity index (χ4v) is 2.90. The number of carbonyl (C=O) groups is 1. The Morgan fingerprint density at radius 1 is 1.13 bits per heavy atom. The van der Waals surface area contributed by atoms with Crippen LogP contribution in [0.5, 0.6) is 0 Å². The largest absolute Gasteiger partial charge is 0.367 e. The van der Waals surface area contributed by atoms with E-state index in [2.05, 4.69) is 10.3 Å². The van der Waals surface area contributed by atoms with Crippen molar-refractivity contribution in [2.75, 3.05) is 18.4 Å². The summed E-state index contributed by atoms with van der Waals surface area (Å²) < 4.78 is 0. The standard InChI is InChI=1S/C18H22N4O/c19-17(14-6-2-1-3-7-14)18(23)22-12-9-15(10-13-22)21-16-8-4-5-11-20-16/h1-8,11,15,17H,9-10,12-13,19H2,(H,20,21)/t17-/m1/s1. The molecule has 5 heteroatoms. The van der Waals surface area contributed by atoms with Gasteiger partial charge in [-0.15, -0.1) is 0 Å². The van der Waals surface area contributed by atoms with E-state index >= 15 is 0 Å². The van der Waals surface area contributed by atoms with Gasteiger partial charge in [-0.1, -0.05) is 36.4 Å². The molecule has 1 aliphatic heterocycles. The van der Waals surface area contributed by atoms with Crippen LogP contribution in [0, 0.1) is 0 Å². The summed E-state index contributed by atoms with van der Waals surface area (Å²) in [6, 6.07) is 15.1. The fraction of sp³-hybridized carbons (Fsp3) is 0.333. The molecule has 1 atom stereocenters. The predicted molar refractivity (Wildman–Crippen MR) is 90.8 cm³/mol. The van der Waals surface area contributed by atoms with Crippen LogP contribution in [-0.2, 0) is 4.79 Å². The van der Waals surface area contributed by atoms with Gasteiger partial charge < -0.3 is 16.0 Å². The van der Waals surface area contributed by atoms with E-state index in [9.17, 15) is 4.79 Å². The zero-order valence-electron chi connectivity index (χ0n) is 13.1. The van der Waals surface area contributed by atoms with Gasteiger partial charge in [-0.3, -0.25) is 4.79 Å². The maximum absolute atomic E-state index is 12.5. The molecule has 120 valence electrons. The second-order valence-corrected chi connectivity index (χ2v) is 5.85. The lowest BCUT2D eigenvalue weighted by Gasteiger charge is -2.34. The lowest BCUT2D eigenvalue weighted by Crippen LogP contribution is -2.45. The van der Waals surface area contributed by atoms with Gasteiger partial charge in [-0.25, -0.2) is 4.98 Å². The first kappa shape index (κ1) is 15.5. The second-order valence-electron chi connectivity index (χ2n) is 5.85. The highest BCUT2D eigenvalue weighted by Gasteiger charge is 2.27. The number of hydrogen-bond donors (Lipinski definition) is 2. The van der Waals surface area contributed by atoms with Crippen LogP contribution in [0.15, 0.2) is 54.7 Å². The minimum absolute atomic E-state index is 0.00693. The third-order valence-corrected chi connectivity index (χ3v) is 4.25. The van der Waals surface area contributed by atoms with Gasteiger partial charge in [0.05, 0.1) is 0 Å². The molecule has 2 heterocycles. The predicted octanol–water partition coefficient (Wildman–Crippen LogP) is 2.18. The van der Waals surface area contributed by atoms with E-state index in [1.807, 2.05) is 53.4 Å².